The van der Waals surface area contributed by atoms with Crippen LogP contribution >= 0.6 is 24.0 Å². The molecule has 0 amide bonds. The Kier molecular flexibility index (Phi) is 11.9. The van der Waals surface area contributed by atoms with E-state index in [1.165, 1.54) is 24.0 Å². The molecule has 0 spiro atoms. The number of nitrogens with zero attached hydrogens (tertiary/aromatic N) is 2. The normalized spacial score (nSPS) is 15.6. The zero-order valence-corrected chi connectivity index (χ0v) is 18.8. The van der Waals surface area contributed by atoms with E-state index in [0.717, 1.165) is 51.9 Å². The maximum atomic E-state index is 5.45. The minimum absolute atomic E-state index is 0. The molecule has 0 aliphatic carbocycles. The van der Waals surface area contributed by atoms with Crippen LogP contribution in [0.25, 0.3) is 0 Å². The van der Waals surface area contributed by atoms with Gasteiger partial charge in [0, 0.05) is 39.8 Å². The molecule has 1 aromatic rings. The molecule has 0 radical (unpaired) electrons. The first-order valence-electron chi connectivity index (χ1n) is 9.58. The quantitative estimate of drug-likeness (QED) is 0.345. The lowest BCUT2D eigenvalue weighted by Crippen LogP contribution is -2.39. The molecule has 1 aromatic carbocycles. The van der Waals surface area contributed by atoms with E-state index in [0.29, 0.717) is 5.92 Å². The van der Waals surface area contributed by atoms with Crippen molar-refractivity contribution < 1.29 is 4.74 Å². The second-order valence-corrected chi connectivity index (χ2v) is 6.65. The summed E-state index contributed by atoms with van der Waals surface area (Å²) in [6, 6.07) is 8.67. The van der Waals surface area contributed by atoms with Crippen molar-refractivity contribution in [2.24, 2.45) is 10.9 Å². The minimum atomic E-state index is 0. The Hall–Kier alpha value is -0.860. The van der Waals surface area contributed by atoms with Gasteiger partial charge in [-0.15, -0.1) is 24.0 Å². The maximum absolute atomic E-state index is 5.45. The van der Waals surface area contributed by atoms with Gasteiger partial charge < -0.3 is 15.4 Å². The molecule has 2 N–H and O–H groups in total. The van der Waals surface area contributed by atoms with Crippen molar-refractivity contribution >= 4 is 29.9 Å². The zero-order chi connectivity index (χ0) is 17.9. The summed E-state index contributed by atoms with van der Waals surface area (Å²) < 4.78 is 5.45. The Morgan fingerprint density at radius 1 is 1.12 bits per heavy atom. The fraction of sp³-hybridized carbons (Fsp3) is 0.650. The highest BCUT2D eigenvalue weighted by atomic mass is 127. The van der Waals surface area contributed by atoms with E-state index >= 15 is 0 Å². The Labute approximate surface area is 176 Å². The number of benzene rings is 1. The molecule has 1 saturated heterocycles. The molecule has 0 unspecified atom stereocenters. The van der Waals surface area contributed by atoms with Gasteiger partial charge in [0.25, 0.3) is 0 Å². The number of aliphatic imine (C=N–C) groups is 1. The van der Waals surface area contributed by atoms with Crippen molar-refractivity contribution in [1.29, 1.82) is 0 Å². The number of ether oxygens (including phenoxy) is 1. The molecule has 1 fully saturated rings. The molecule has 1 aliphatic rings. The summed E-state index contributed by atoms with van der Waals surface area (Å²) in [5, 5.41) is 6.92. The number of guanidine groups is 1. The SMILES string of the molecule is CCC(CC)CNC(=NC)NCc1ccccc1CN1CCOCC1.I. The van der Waals surface area contributed by atoms with Crippen LogP contribution < -0.4 is 10.6 Å². The average molecular weight is 474 g/mol. The van der Waals surface area contributed by atoms with Crippen LogP contribution in [-0.2, 0) is 17.8 Å². The summed E-state index contributed by atoms with van der Waals surface area (Å²) in [6.45, 7) is 11.0. The van der Waals surface area contributed by atoms with Crippen LogP contribution in [0.15, 0.2) is 29.3 Å². The topological polar surface area (TPSA) is 48.9 Å². The van der Waals surface area contributed by atoms with Gasteiger partial charge in [0.1, 0.15) is 0 Å². The van der Waals surface area contributed by atoms with Crippen molar-refractivity contribution in [3.05, 3.63) is 35.4 Å². The van der Waals surface area contributed by atoms with Crippen LogP contribution in [0.4, 0.5) is 0 Å². The summed E-state index contributed by atoms with van der Waals surface area (Å²) in [5.74, 6) is 1.58. The summed E-state index contributed by atoms with van der Waals surface area (Å²) in [5.41, 5.74) is 2.71. The third kappa shape index (κ3) is 7.80. The molecule has 0 saturated carbocycles. The Bertz CT molecular complexity index is 528. The summed E-state index contributed by atoms with van der Waals surface area (Å²) in [6.07, 6.45) is 2.39. The fourth-order valence-corrected chi connectivity index (χ4v) is 3.10. The molecule has 148 valence electrons. The molecule has 0 atom stereocenters. The second kappa shape index (κ2) is 13.3. The van der Waals surface area contributed by atoms with Gasteiger partial charge in [0.15, 0.2) is 5.96 Å². The van der Waals surface area contributed by atoms with Crippen LogP contribution in [0, 0.1) is 5.92 Å². The lowest BCUT2D eigenvalue weighted by molar-refractivity contribution is 0.0341. The Balaban J connectivity index is 0.00000338. The van der Waals surface area contributed by atoms with E-state index in [4.69, 9.17) is 4.74 Å². The molecule has 2 rings (SSSR count). The molecule has 5 nitrogen and oxygen atoms in total. The third-order valence-corrected chi connectivity index (χ3v) is 5.00. The van der Waals surface area contributed by atoms with Gasteiger partial charge in [-0.25, -0.2) is 0 Å². The molecule has 26 heavy (non-hydrogen) atoms. The molecule has 1 heterocycles. The van der Waals surface area contributed by atoms with Crippen molar-refractivity contribution in [3.8, 4) is 0 Å². The standard InChI is InChI=1S/C20H34N4O.HI/c1-4-17(5-2)14-22-20(21-3)23-15-18-8-6-7-9-19(18)16-24-10-12-25-13-11-24;/h6-9,17H,4-5,10-16H2,1-3H3,(H2,21,22,23);1H. The smallest absolute Gasteiger partial charge is 0.191 e. The third-order valence-electron chi connectivity index (χ3n) is 5.00. The summed E-state index contributed by atoms with van der Waals surface area (Å²) in [4.78, 5) is 6.82. The van der Waals surface area contributed by atoms with E-state index < -0.39 is 0 Å². The van der Waals surface area contributed by atoms with E-state index in [-0.39, 0.29) is 24.0 Å². The number of nitrogens with one attached hydrogen (secondary N) is 2. The van der Waals surface area contributed by atoms with Crippen molar-refractivity contribution in [2.45, 2.75) is 39.8 Å². The van der Waals surface area contributed by atoms with Crippen LogP contribution in [0.2, 0.25) is 0 Å². The van der Waals surface area contributed by atoms with Gasteiger partial charge in [0.2, 0.25) is 0 Å². The van der Waals surface area contributed by atoms with Gasteiger partial charge in [-0.1, -0.05) is 51.0 Å². The van der Waals surface area contributed by atoms with Crippen LogP contribution in [0.3, 0.4) is 0 Å². The predicted molar refractivity (Wildman–Crippen MR) is 120 cm³/mol. The monoisotopic (exact) mass is 474 g/mol. The predicted octanol–water partition coefficient (Wildman–Crippen LogP) is 3.24. The number of hydrogen-bond acceptors (Lipinski definition) is 3. The minimum Gasteiger partial charge on any atom is -0.379 e. The van der Waals surface area contributed by atoms with Crippen molar-refractivity contribution in [2.75, 3.05) is 39.9 Å². The second-order valence-electron chi connectivity index (χ2n) is 6.65. The molecule has 1 aliphatic heterocycles. The molecule has 0 bridgehead atoms. The van der Waals surface area contributed by atoms with Crippen molar-refractivity contribution in [1.82, 2.24) is 15.5 Å². The van der Waals surface area contributed by atoms with Crippen LogP contribution in [0.5, 0.6) is 0 Å². The molecular formula is C20H35IN4O. The van der Waals surface area contributed by atoms with Crippen molar-refractivity contribution in [3.63, 3.8) is 0 Å². The summed E-state index contributed by atoms with van der Waals surface area (Å²) >= 11 is 0. The first-order chi connectivity index (χ1) is 12.3. The lowest BCUT2D eigenvalue weighted by Gasteiger charge is -2.27. The van der Waals surface area contributed by atoms with Gasteiger partial charge in [-0.05, 0) is 17.0 Å². The maximum Gasteiger partial charge on any atom is 0.191 e. The van der Waals surface area contributed by atoms with Gasteiger partial charge in [0.05, 0.1) is 13.2 Å². The molecular weight excluding hydrogens is 439 g/mol. The van der Waals surface area contributed by atoms with E-state index in [1.807, 2.05) is 7.05 Å². The number of rotatable bonds is 8. The van der Waals surface area contributed by atoms with E-state index in [2.05, 4.69) is 58.6 Å². The lowest BCUT2D eigenvalue weighted by atomic mass is 10.0. The first-order valence-corrected chi connectivity index (χ1v) is 9.58. The van der Waals surface area contributed by atoms with Crippen LogP contribution in [0.1, 0.15) is 37.8 Å². The molecule has 0 aromatic heterocycles. The van der Waals surface area contributed by atoms with Crippen LogP contribution in [-0.4, -0.2) is 50.8 Å². The number of morpholine rings is 1. The Morgan fingerprint density at radius 3 is 2.38 bits per heavy atom. The van der Waals surface area contributed by atoms with Gasteiger partial charge in [-0.2, -0.15) is 0 Å². The number of hydrogen-bond donors (Lipinski definition) is 2. The largest absolute Gasteiger partial charge is 0.379 e. The van der Waals surface area contributed by atoms with E-state index in [9.17, 15) is 0 Å². The highest BCUT2D eigenvalue weighted by Crippen LogP contribution is 2.13. The zero-order valence-electron chi connectivity index (χ0n) is 16.5. The van der Waals surface area contributed by atoms with Gasteiger partial charge >= 0.3 is 0 Å². The average Bonchev–Trinajstić information content (AvgIpc) is 2.67. The summed E-state index contributed by atoms with van der Waals surface area (Å²) in [7, 11) is 1.84. The fourth-order valence-electron chi connectivity index (χ4n) is 3.10. The highest BCUT2D eigenvalue weighted by Gasteiger charge is 2.13. The first kappa shape index (κ1) is 23.2. The van der Waals surface area contributed by atoms with E-state index in [1.54, 1.807) is 0 Å². The van der Waals surface area contributed by atoms with Gasteiger partial charge in [-0.3, -0.25) is 9.89 Å². The molecule has 6 heteroatoms. The highest BCUT2D eigenvalue weighted by molar-refractivity contribution is 14.0. The Morgan fingerprint density at radius 2 is 1.77 bits per heavy atom. The number of halogens is 1.